The van der Waals surface area contributed by atoms with Crippen molar-refractivity contribution in [2.75, 3.05) is 13.2 Å². The average Bonchev–Trinajstić information content (AvgIpc) is 3.98. The fourth-order valence-electron chi connectivity index (χ4n) is 14.8. The molecule has 4 heterocycles. The van der Waals surface area contributed by atoms with Crippen molar-refractivity contribution in [2.24, 2.45) is 53.3 Å². The van der Waals surface area contributed by atoms with Gasteiger partial charge in [-0.25, -0.2) is 0 Å². The van der Waals surface area contributed by atoms with E-state index < -0.39 is 148 Å². The number of aliphatic hydroxyl groups is 4. The highest BCUT2D eigenvalue weighted by Crippen LogP contribution is 2.76. The fraction of sp³-hybridized carbons (Fsp3) is 0.545. The number of hydrogen-bond donors (Lipinski definition) is 4. The molecule has 15 heteroatoms. The summed E-state index contributed by atoms with van der Waals surface area (Å²) in [6.07, 6.45) is -7.82. The Bertz CT molecular complexity index is 2570. The van der Waals surface area contributed by atoms with E-state index in [1.165, 1.54) is 13.8 Å². The molecule has 19 atom stereocenters. The van der Waals surface area contributed by atoms with Crippen LogP contribution in [0.4, 0.5) is 0 Å². The number of hydrogen-bond acceptors (Lipinski definition) is 15. The Balaban J connectivity index is 1.27. The first kappa shape index (κ1) is 48.6. The number of ether oxygens (including phenoxy) is 6. The Kier molecular flexibility index (Phi) is 12.1. The molecule has 3 aromatic carbocycles. The molecule has 4 N–H and O–H groups in total. The second kappa shape index (κ2) is 17.4. The molecule has 4 aliphatic heterocycles. The first-order chi connectivity index (χ1) is 33.3. The fourth-order valence-corrected chi connectivity index (χ4v) is 14.8. The van der Waals surface area contributed by atoms with Crippen LogP contribution in [0.15, 0.2) is 103 Å². The second-order valence-electron chi connectivity index (χ2n) is 21.2. The Morgan fingerprint density at radius 1 is 0.743 bits per heavy atom. The minimum Gasteiger partial charge on any atom is -0.465 e. The van der Waals surface area contributed by atoms with Crippen molar-refractivity contribution in [3.8, 4) is 0 Å². The molecule has 7 fully saturated rings. The molecule has 3 bridgehead atoms. The molecule has 0 amide bonds. The summed E-state index contributed by atoms with van der Waals surface area (Å²) in [5, 5.41) is 52.0. The smallest absolute Gasteiger partial charge is 0.312 e. The highest BCUT2D eigenvalue weighted by atomic mass is 16.9. The third kappa shape index (κ3) is 6.93. The molecule has 0 aromatic heterocycles. The Hall–Kier alpha value is -4.97. The third-order valence-corrected chi connectivity index (χ3v) is 17.6. The zero-order valence-corrected chi connectivity index (χ0v) is 40.0. The van der Waals surface area contributed by atoms with Crippen LogP contribution in [0, 0.1) is 53.3 Å². The summed E-state index contributed by atoms with van der Waals surface area (Å²) in [4.78, 5) is 72.3. The van der Waals surface area contributed by atoms with Crippen LogP contribution in [0.3, 0.4) is 0 Å². The van der Waals surface area contributed by atoms with Crippen LogP contribution < -0.4 is 0 Å². The van der Waals surface area contributed by atoms with Crippen molar-refractivity contribution in [1.29, 1.82) is 0 Å². The summed E-state index contributed by atoms with van der Waals surface area (Å²) >= 11 is 0. The van der Waals surface area contributed by atoms with Gasteiger partial charge in [-0.1, -0.05) is 111 Å². The van der Waals surface area contributed by atoms with Gasteiger partial charge in [-0.05, 0) is 55.9 Å². The number of rotatable bonds is 11. The van der Waals surface area contributed by atoms with Crippen LogP contribution in [-0.2, 0) is 38.0 Å². The number of aliphatic hydroxyl groups excluding tert-OH is 3. The molecule has 2 spiro atoms. The van der Waals surface area contributed by atoms with Gasteiger partial charge in [0, 0.05) is 48.3 Å². The highest BCUT2D eigenvalue weighted by Gasteiger charge is 2.91. The van der Waals surface area contributed by atoms with E-state index in [1.54, 1.807) is 97.9 Å². The first-order valence-electron chi connectivity index (χ1n) is 24.5. The van der Waals surface area contributed by atoms with Crippen LogP contribution in [0.5, 0.6) is 0 Å². The van der Waals surface area contributed by atoms with E-state index in [0.717, 1.165) is 0 Å². The van der Waals surface area contributed by atoms with Crippen molar-refractivity contribution in [2.45, 2.75) is 119 Å². The Morgan fingerprint density at radius 2 is 1.31 bits per heavy atom. The number of epoxide rings is 1. The Labute approximate surface area is 406 Å². The molecule has 0 radical (unpaired) electrons. The predicted molar refractivity (Wildman–Crippen MR) is 247 cm³/mol. The first-order valence-corrected chi connectivity index (χ1v) is 24.5. The van der Waals surface area contributed by atoms with Gasteiger partial charge in [0.2, 0.25) is 0 Å². The molecule has 372 valence electrons. The predicted octanol–water partition coefficient (Wildman–Crippen LogP) is 5.07. The van der Waals surface area contributed by atoms with Crippen molar-refractivity contribution in [1.82, 2.24) is 0 Å². The Morgan fingerprint density at radius 3 is 1.86 bits per heavy atom. The monoisotopic (exact) mass is 962 g/mol. The van der Waals surface area contributed by atoms with Crippen molar-refractivity contribution in [3.63, 3.8) is 0 Å². The van der Waals surface area contributed by atoms with E-state index >= 15 is 14.4 Å². The average molecular weight is 963 g/mol. The maximum atomic E-state index is 15.5. The van der Waals surface area contributed by atoms with Gasteiger partial charge < -0.3 is 48.8 Å². The van der Waals surface area contributed by atoms with Gasteiger partial charge >= 0.3 is 17.9 Å². The van der Waals surface area contributed by atoms with Gasteiger partial charge in [0.15, 0.2) is 17.3 Å². The van der Waals surface area contributed by atoms with Gasteiger partial charge in [-0.3, -0.25) is 24.0 Å². The van der Waals surface area contributed by atoms with Crippen molar-refractivity contribution >= 4 is 29.3 Å². The van der Waals surface area contributed by atoms with Crippen LogP contribution in [-0.4, -0.2) is 122 Å². The summed E-state index contributed by atoms with van der Waals surface area (Å²) < 4.78 is 40.3. The summed E-state index contributed by atoms with van der Waals surface area (Å²) in [7, 11) is 0. The van der Waals surface area contributed by atoms with Gasteiger partial charge in [0.25, 0.3) is 0 Å². The standard InChI is InChI=1S/C55H62O15/c1-28(2)51-25-36(26-65-31(5)57)54-42-48(51)68-55(69-51,70-54)39(59)23-22-37(43(60)33-16-10-7-11-17-33)46(66-32(6)58)38(44(61)34-18-12-8-13-19-34)24-29(3)40-30(4)41(45(62)35-20-14-9-15-21-35)53(64,47(40)54)50(63)52(27-56)49(42)67-52/h7-21,29-30,36-42,46-50,56,59,63-64H,1,22-27H2,2-6H3/t29-,30+,36+,37-,38-,39-,40+,41-,42-,46-,47-,48-,49+,50-,51-,52+,53+,54-,55?/m1/s1. The quantitative estimate of drug-likeness (QED) is 0.0853. The number of carbonyl (C=O) groups is 5. The number of Topliss-reactive ketones (excluding diaryl/α,β-unsaturated/α-hetero) is 3. The lowest BCUT2D eigenvalue weighted by molar-refractivity contribution is -0.459. The maximum absolute atomic E-state index is 15.5. The molecule has 7 aliphatic rings. The number of ketones is 3. The summed E-state index contributed by atoms with van der Waals surface area (Å²) in [5.74, 6) is -14.8. The zero-order chi connectivity index (χ0) is 49.9. The highest BCUT2D eigenvalue weighted by molar-refractivity contribution is 6.02. The molecule has 15 nitrogen and oxygen atoms in total. The molecule has 4 saturated heterocycles. The zero-order valence-electron chi connectivity index (χ0n) is 40.0. The van der Waals surface area contributed by atoms with Gasteiger partial charge in [-0.15, -0.1) is 0 Å². The minimum absolute atomic E-state index is 0.0122. The van der Waals surface area contributed by atoms with E-state index in [4.69, 9.17) is 28.4 Å². The summed E-state index contributed by atoms with van der Waals surface area (Å²) in [5.41, 5.74) is -6.45. The number of esters is 2. The normalized spacial score (nSPS) is 43.2. The molecular formula is C55H62O15. The van der Waals surface area contributed by atoms with E-state index in [-0.39, 0.29) is 49.0 Å². The van der Waals surface area contributed by atoms with Crippen molar-refractivity contribution in [3.05, 3.63) is 120 Å². The molecule has 3 aliphatic carbocycles. The summed E-state index contributed by atoms with van der Waals surface area (Å²) in [6.45, 7) is 11.2. The van der Waals surface area contributed by atoms with E-state index in [2.05, 4.69) is 6.58 Å². The van der Waals surface area contributed by atoms with Crippen LogP contribution >= 0.6 is 0 Å². The summed E-state index contributed by atoms with van der Waals surface area (Å²) in [6, 6.07) is 25.3. The SMILES string of the molecule is C=C(C)[C@]12C[C@@H](COC(C)=O)[C@@]34OC5(O[C@@H]1[C@@H]3[C@@H]1O[C@]1(CO)[C@@H](O)[C@@]1(O)[C@H]4[C@H]([C@H](C)[C@@H]1C(=O)c1ccccc1)[C@H](C)C[C@H](C(=O)c1ccccc1)[C@H](OC(C)=O)[C@@H](C(=O)c1ccccc1)CC[C@H]5O)O2. The van der Waals surface area contributed by atoms with Gasteiger partial charge in [0.1, 0.15) is 47.3 Å². The molecule has 3 saturated carbocycles. The number of carbonyl (C=O) groups excluding carboxylic acids is 5. The van der Waals surface area contributed by atoms with E-state index in [0.29, 0.717) is 5.57 Å². The van der Waals surface area contributed by atoms with E-state index in [9.17, 15) is 30.0 Å². The van der Waals surface area contributed by atoms with Crippen molar-refractivity contribution < 1.29 is 72.8 Å². The lowest BCUT2D eigenvalue weighted by atomic mass is 9.51. The van der Waals surface area contributed by atoms with Gasteiger partial charge in [0.05, 0.1) is 36.6 Å². The molecule has 1 unspecified atom stereocenters. The third-order valence-electron chi connectivity index (χ3n) is 17.6. The maximum Gasteiger partial charge on any atom is 0.312 e. The molecular weight excluding hydrogens is 901 g/mol. The lowest BCUT2D eigenvalue weighted by Crippen LogP contribution is -2.75. The largest absolute Gasteiger partial charge is 0.465 e. The minimum atomic E-state index is -2.52. The number of benzene rings is 3. The molecule has 10 rings (SSSR count). The van der Waals surface area contributed by atoms with E-state index in [1.807, 2.05) is 13.8 Å². The van der Waals surface area contributed by atoms with Crippen LogP contribution in [0.2, 0.25) is 0 Å². The molecule has 3 aromatic rings. The van der Waals surface area contributed by atoms with Gasteiger partial charge in [-0.2, -0.15) is 0 Å². The molecule has 70 heavy (non-hydrogen) atoms. The number of fused-ring (bicyclic) bond motifs is 1. The lowest BCUT2D eigenvalue weighted by Gasteiger charge is -2.62. The van der Waals surface area contributed by atoms with Crippen LogP contribution in [0.25, 0.3) is 0 Å². The van der Waals surface area contributed by atoms with Crippen LogP contribution in [0.1, 0.15) is 91.4 Å². The second-order valence-corrected chi connectivity index (χ2v) is 21.2. The topological polar surface area (TPSA) is 225 Å².